The summed E-state index contributed by atoms with van der Waals surface area (Å²) in [6, 6.07) is 6.39. The molecule has 2 aromatic rings. The Balaban J connectivity index is 1.86. The van der Waals surface area contributed by atoms with Crippen LogP contribution in [0.4, 0.5) is 0 Å². The summed E-state index contributed by atoms with van der Waals surface area (Å²) in [5.41, 5.74) is 2.35. The van der Waals surface area contributed by atoms with Crippen molar-refractivity contribution in [1.82, 2.24) is 10.3 Å². The summed E-state index contributed by atoms with van der Waals surface area (Å²) < 4.78 is 0. The SMILES string of the molecule is Clc1c(CC2CCCNC2)ccc2cc[nH]c12. The molecular formula is C14H17ClN2. The number of nitrogens with one attached hydrogen (secondary N) is 2. The molecule has 1 aromatic heterocycles. The molecule has 1 atom stereocenters. The molecule has 0 saturated carbocycles. The first-order chi connectivity index (χ1) is 8.34. The molecule has 0 bridgehead atoms. The molecule has 17 heavy (non-hydrogen) atoms. The smallest absolute Gasteiger partial charge is 0.0679 e. The van der Waals surface area contributed by atoms with Gasteiger partial charge in [0.05, 0.1) is 10.5 Å². The van der Waals surface area contributed by atoms with Crippen molar-refractivity contribution < 1.29 is 0 Å². The van der Waals surface area contributed by atoms with Crippen molar-refractivity contribution in [3.8, 4) is 0 Å². The van der Waals surface area contributed by atoms with Crippen LogP contribution in [-0.4, -0.2) is 18.1 Å². The summed E-state index contributed by atoms with van der Waals surface area (Å²) >= 11 is 6.45. The maximum atomic E-state index is 6.45. The lowest BCUT2D eigenvalue weighted by molar-refractivity contribution is 0.376. The fraction of sp³-hybridized carbons (Fsp3) is 0.429. The molecule has 0 radical (unpaired) electrons. The second-order valence-corrected chi connectivity index (χ2v) is 5.28. The van der Waals surface area contributed by atoms with Gasteiger partial charge in [0.25, 0.3) is 0 Å². The average molecular weight is 249 g/mol. The van der Waals surface area contributed by atoms with Crippen LogP contribution in [0.2, 0.25) is 5.02 Å². The standard InChI is InChI=1S/C14H17ClN2/c15-13-12(8-10-2-1-6-16-9-10)4-3-11-5-7-17-14(11)13/h3-5,7,10,16-17H,1-2,6,8-9H2. The zero-order valence-corrected chi connectivity index (χ0v) is 10.6. The van der Waals surface area contributed by atoms with Gasteiger partial charge in [0.2, 0.25) is 0 Å². The Morgan fingerprint density at radius 2 is 2.24 bits per heavy atom. The number of piperidine rings is 1. The van der Waals surface area contributed by atoms with Crippen LogP contribution < -0.4 is 5.32 Å². The van der Waals surface area contributed by atoms with E-state index in [0.717, 1.165) is 29.4 Å². The van der Waals surface area contributed by atoms with E-state index in [0.29, 0.717) is 0 Å². The van der Waals surface area contributed by atoms with Gasteiger partial charge in [-0.2, -0.15) is 0 Å². The molecule has 1 aliphatic rings. The predicted octanol–water partition coefficient (Wildman–Crippen LogP) is 3.36. The van der Waals surface area contributed by atoms with E-state index < -0.39 is 0 Å². The van der Waals surface area contributed by atoms with Gasteiger partial charge in [-0.05, 0) is 49.9 Å². The fourth-order valence-electron chi connectivity index (χ4n) is 2.70. The Hall–Kier alpha value is -0.990. The van der Waals surface area contributed by atoms with Crippen LogP contribution in [0.3, 0.4) is 0 Å². The van der Waals surface area contributed by atoms with Crippen LogP contribution in [0.15, 0.2) is 24.4 Å². The number of benzene rings is 1. The molecule has 90 valence electrons. The van der Waals surface area contributed by atoms with Gasteiger partial charge in [0.15, 0.2) is 0 Å². The van der Waals surface area contributed by atoms with Crippen LogP contribution in [0.1, 0.15) is 18.4 Å². The lowest BCUT2D eigenvalue weighted by atomic mass is 9.92. The van der Waals surface area contributed by atoms with Crippen LogP contribution in [0.25, 0.3) is 10.9 Å². The molecule has 3 rings (SSSR count). The van der Waals surface area contributed by atoms with Gasteiger partial charge in [-0.25, -0.2) is 0 Å². The summed E-state index contributed by atoms with van der Waals surface area (Å²) in [5, 5.41) is 5.55. The quantitative estimate of drug-likeness (QED) is 0.838. The van der Waals surface area contributed by atoms with Gasteiger partial charge < -0.3 is 10.3 Å². The Morgan fingerprint density at radius 1 is 1.29 bits per heavy atom. The van der Waals surface area contributed by atoms with Gasteiger partial charge in [0, 0.05) is 11.6 Å². The van der Waals surface area contributed by atoms with E-state index >= 15 is 0 Å². The van der Waals surface area contributed by atoms with E-state index in [1.807, 2.05) is 6.20 Å². The number of rotatable bonds is 2. The van der Waals surface area contributed by atoms with Crippen molar-refractivity contribution in [3.63, 3.8) is 0 Å². The van der Waals surface area contributed by atoms with Crippen molar-refractivity contribution in [2.24, 2.45) is 5.92 Å². The largest absolute Gasteiger partial charge is 0.360 e. The summed E-state index contributed by atoms with van der Waals surface area (Å²) in [6.07, 6.45) is 5.63. The summed E-state index contributed by atoms with van der Waals surface area (Å²) in [6.45, 7) is 2.29. The Kier molecular flexibility index (Phi) is 3.08. The zero-order valence-electron chi connectivity index (χ0n) is 9.80. The summed E-state index contributed by atoms with van der Waals surface area (Å²) in [7, 11) is 0. The van der Waals surface area contributed by atoms with Crippen LogP contribution >= 0.6 is 11.6 Å². The molecule has 0 aliphatic carbocycles. The molecule has 2 N–H and O–H groups in total. The third-order valence-electron chi connectivity index (χ3n) is 3.65. The number of hydrogen-bond acceptors (Lipinski definition) is 1. The third kappa shape index (κ3) is 2.20. The molecular weight excluding hydrogens is 232 g/mol. The van der Waals surface area contributed by atoms with Crippen LogP contribution in [-0.2, 0) is 6.42 Å². The summed E-state index contributed by atoms with van der Waals surface area (Å²) in [5.74, 6) is 0.730. The maximum Gasteiger partial charge on any atom is 0.0679 e. The molecule has 2 nitrogen and oxygen atoms in total. The number of aromatic nitrogens is 1. The van der Waals surface area contributed by atoms with Crippen molar-refractivity contribution in [2.45, 2.75) is 19.3 Å². The molecule has 3 heteroatoms. The second kappa shape index (κ2) is 4.71. The highest BCUT2D eigenvalue weighted by molar-refractivity contribution is 6.35. The Bertz CT molecular complexity index is 512. The lowest BCUT2D eigenvalue weighted by Gasteiger charge is -2.23. The van der Waals surface area contributed by atoms with Crippen LogP contribution in [0, 0.1) is 5.92 Å². The van der Waals surface area contributed by atoms with E-state index in [1.165, 1.54) is 30.3 Å². The molecule has 1 saturated heterocycles. The number of H-pyrrole nitrogens is 1. The Labute approximate surface area is 106 Å². The third-order valence-corrected chi connectivity index (χ3v) is 4.08. The number of halogens is 1. The zero-order chi connectivity index (χ0) is 11.7. The number of fused-ring (bicyclic) bond motifs is 1. The van der Waals surface area contributed by atoms with E-state index in [9.17, 15) is 0 Å². The molecule has 0 amide bonds. The average Bonchev–Trinajstić information content (AvgIpc) is 2.83. The normalized spacial score (nSPS) is 20.9. The van der Waals surface area contributed by atoms with Crippen molar-refractivity contribution in [1.29, 1.82) is 0 Å². The minimum absolute atomic E-state index is 0.730. The maximum absolute atomic E-state index is 6.45. The van der Waals surface area contributed by atoms with Crippen molar-refractivity contribution >= 4 is 22.5 Å². The van der Waals surface area contributed by atoms with E-state index in [4.69, 9.17) is 11.6 Å². The van der Waals surface area contributed by atoms with Crippen molar-refractivity contribution in [2.75, 3.05) is 13.1 Å². The Morgan fingerprint density at radius 3 is 3.06 bits per heavy atom. The molecule has 1 unspecified atom stereocenters. The highest BCUT2D eigenvalue weighted by Gasteiger charge is 2.16. The van der Waals surface area contributed by atoms with Crippen LogP contribution in [0.5, 0.6) is 0 Å². The van der Waals surface area contributed by atoms with E-state index in [2.05, 4.69) is 28.5 Å². The van der Waals surface area contributed by atoms with Gasteiger partial charge in [-0.15, -0.1) is 0 Å². The fourth-order valence-corrected chi connectivity index (χ4v) is 3.01. The van der Waals surface area contributed by atoms with Gasteiger partial charge in [0.1, 0.15) is 0 Å². The first-order valence-electron chi connectivity index (χ1n) is 6.30. The number of hydrogen-bond donors (Lipinski definition) is 2. The van der Waals surface area contributed by atoms with Crippen molar-refractivity contribution in [3.05, 3.63) is 35.0 Å². The molecule has 1 aliphatic heterocycles. The minimum Gasteiger partial charge on any atom is -0.360 e. The highest BCUT2D eigenvalue weighted by atomic mass is 35.5. The second-order valence-electron chi connectivity index (χ2n) is 4.90. The predicted molar refractivity (Wildman–Crippen MR) is 72.6 cm³/mol. The highest BCUT2D eigenvalue weighted by Crippen LogP contribution is 2.29. The monoisotopic (exact) mass is 248 g/mol. The summed E-state index contributed by atoms with van der Waals surface area (Å²) in [4.78, 5) is 3.22. The molecule has 0 spiro atoms. The molecule has 2 heterocycles. The molecule has 1 aromatic carbocycles. The van der Waals surface area contributed by atoms with E-state index in [1.54, 1.807) is 0 Å². The first-order valence-corrected chi connectivity index (χ1v) is 6.67. The van der Waals surface area contributed by atoms with Gasteiger partial charge in [-0.3, -0.25) is 0 Å². The number of aromatic amines is 1. The minimum atomic E-state index is 0.730. The van der Waals surface area contributed by atoms with Gasteiger partial charge in [-0.1, -0.05) is 23.7 Å². The molecule has 1 fully saturated rings. The first kappa shape index (κ1) is 11.1. The topological polar surface area (TPSA) is 27.8 Å². The van der Waals surface area contributed by atoms with E-state index in [-0.39, 0.29) is 0 Å². The lowest BCUT2D eigenvalue weighted by Crippen LogP contribution is -2.30. The van der Waals surface area contributed by atoms with Gasteiger partial charge >= 0.3 is 0 Å².